The van der Waals surface area contributed by atoms with Gasteiger partial charge < -0.3 is 10.1 Å². The van der Waals surface area contributed by atoms with E-state index in [0.717, 1.165) is 0 Å². The fourth-order valence-corrected chi connectivity index (χ4v) is 2.01. The van der Waals surface area contributed by atoms with Gasteiger partial charge in [-0.3, -0.25) is 4.79 Å². The molecule has 0 fully saturated rings. The molecular weight excluding hydrogens is 337 g/mol. The highest BCUT2D eigenvalue weighted by atomic mass is 19.3. The smallest absolute Gasteiger partial charge is 0.387 e. The van der Waals surface area contributed by atoms with Crippen molar-refractivity contribution in [2.24, 2.45) is 0 Å². The molecule has 2 aromatic carbocycles. The topological polar surface area (TPSA) is 69.0 Å². The third kappa shape index (κ3) is 3.94. The average molecular weight is 348 g/mol. The number of nitrogens with one attached hydrogen (secondary N) is 1. The molecule has 128 valence electrons. The lowest BCUT2D eigenvalue weighted by atomic mass is 10.3. The number of para-hydroxylation sites is 1. The van der Waals surface area contributed by atoms with E-state index in [1.807, 2.05) is 0 Å². The molecule has 1 aromatic heterocycles. The first-order valence-electron chi connectivity index (χ1n) is 7.06. The fourth-order valence-electron chi connectivity index (χ4n) is 2.01. The van der Waals surface area contributed by atoms with Crippen LogP contribution in [0.15, 0.2) is 54.9 Å². The number of rotatable bonds is 5. The number of carbonyl (C=O) groups excluding carboxylic acids is 1. The van der Waals surface area contributed by atoms with Gasteiger partial charge in [-0.15, -0.1) is 5.10 Å². The number of carbonyl (C=O) groups is 1. The lowest BCUT2D eigenvalue weighted by Gasteiger charge is -2.05. The zero-order chi connectivity index (χ0) is 17.8. The van der Waals surface area contributed by atoms with Gasteiger partial charge in [0.25, 0.3) is 5.91 Å². The molecule has 0 saturated carbocycles. The molecule has 3 aromatic rings. The molecule has 9 heteroatoms. The van der Waals surface area contributed by atoms with Crippen LogP contribution in [-0.2, 0) is 0 Å². The molecule has 0 radical (unpaired) electrons. The zero-order valence-electron chi connectivity index (χ0n) is 12.6. The minimum atomic E-state index is -2.91. The molecular formula is C16H11F3N4O2. The summed E-state index contributed by atoms with van der Waals surface area (Å²) in [5, 5.41) is 6.35. The maximum atomic E-state index is 13.5. The summed E-state index contributed by atoms with van der Waals surface area (Å²) in [6.45, 7) is -2.91. The summed E-state index contributed by atoms with van der Waals surface area (Å²) in [5.74, 6) is -1.43. The number of hydrogen-bond acceptors (Lipinski definition) is 4. The normalized spacial score (nSPS) is 10.7. The molecule has 0 bridgehead atoms. The predicted molar refractivity (Wildman–Crippen MR) is 82.3 cm³/mol. The van der Waals surface area contributed by atoms with Crippen LogP contribution in [0, 0.1) is 5.82 Å². The van der Waals surface area contributed by atoms with Crippen molar-refractivity contribution in [2.45, 2.75) is 6.61 Å². The van der Waals surface area contributed by atoms with Crippen molar-refractivity contribution in [1.82, 2.24) is 14.8 Å². The molecule has 0 unspecified atom stereocenters. The van der Waals surface area contributed by atoms with Gasteiger partial charge in [0.15, 0.2) is 0 Å². The van der Waals surface area contributed by atoms with Crippen LogP contribution in [0.4, 0.5) is 18.9 Å². The molecule has 0 spiro atoms. The molecule has 1 amide bonds. The van der Waals surface area contributed by atoms with E-state index < -0.39 is 18.3 Å². The summed E-state index contributed by atoms with van der Waals surface area (Å²) in [6, 6.07) is 11.3. The Morgan fingerprint density at radius 2 is 1.84 bits per heavy atom. The first kappa shape index (κ1) is 16.5. The Hall–Kier alpha value is -3.36. The van der Waals surface area contributed by atoms with Crippen LogP contribution >= 0.6 is 0 Å². The highest BCUT2D eigenvalue weighted by Crippen LogP contribution is 2.17. The minimum Gasteiger partial charge on any atom is -0.435 e. The van der Waals surface area contributed by atoms with E-state index in [-0.39, 0.29) is 17.3 Å². The van der Waals surface area contributed by atoms with Gasteiger partial charge in [-0.25, -0.2) is 14.1 Å². The van der Waals surface area contributed by atoms with Gasteiger partial charge in [-0.05, 0) is 36.4 Å². The van der Waals surface area contributed by atoms with Crippen molar-refractivity contribution in [3.63, 3.8) is 0 Å². The Bertz CT molecular complexity index is 881. The van der Waals surface area contributed by atoms with Gasteiger partial charge in [0.1, 0.15) is 17.9 Å². The second-order valence-electron chi connectivity index (χ2n) is 4.82. The summed E-state index contributed by atoms with van der Waals surface area (Å²) in [6.07, 6.45) is 1.28. The van der Waals surface area contributed by atoms with Gasteiger partial charge in [0.05, 0.1) is 11.4 Å². The molecule has 0 aliphatic heterocycles. The van der Waals surface area contributed by atoms with E-state index in [2.05, 4.69) is 20.1 Å². The molecule has 1 heterocycles. The molecule has 0 atom stereocenters. The van der Waals surface area contributed by atoms with Crippen LogP contribution in [-0.4, -0.2) is 27.3 Å². The highest BCUT2D eigenvalue weighted by molar-refractivity contribution is 6.01. The number of nitrogens with zero attached hydrogens (tertiary/aromatic N) is 3. The Morgan fingerprint density at radius 1 is 1.12 bits per heavy atom. The Labute approximate surface area is 139 Å². The van der Waals surface area contributed by atoms with Crippen LogP contribution < -0.4 is 10.1 Å². The van der Waals surface area contributed by atoms with Crippen molar-refractivity contribution in [2.75, 3.05) is 5.32 Å². The third-order valence-electron chi connectivity index (χ3n) is 3.14. The molecule has 0 aliphatic rings. The standard InChI is InChI=1S/C16H11F3N4O2/c17-12-3-1-2-4-13(12)21-15(24)14-20-9-23(22-14)10-5-7-11(8-6-10)25-16(18)19/h1-9,16H,(H,21,24). The molecule has 3 rings (SSSR count). The summed E-state index contributed by atoms with van der Waals surface area (Å²) in [7, 11) is 0. The Balaban J connectivity index is 1.73. The summed E-state index contributed by atoms with van der Waals surface area (Å²) >= 11 is 0. The lowest BCUT2D eigenvalue weighted by Crippen LogP contribution is -2.15. The maximum Gasteiger partial charge on any atom is 0.387 e. The number of halogens is 3. The van der Waals surface area contributed by atoms with Crippen LogP contribution in [0.1, 0.15) is 10.6 Å². The van der Waals surface area contributed by atoms with Crippen molar-refractivity contribution < 1.29 is 22.7 Å². The molecule has 1 N–H and O–H groups in total. The van der Waals surface area contributed by atoms with Crippen LogP contribution in [0.3, 0.4) is 0 Å². The highest BCUT2D eigenvalue weighted by Gasteiger charge is 2.14. The third-order valence-corrected chi connectivity index (χ3v) is 3.14. The molecule has 6 nitrogen and oxygen atoms in total. The van der Waals surface area contributed by atoms with Gasteiger partial charge in [-0.2, -0.15) is 8.78 Å². The van der Waals surface area contributed by atoms with Gasteiger partial charge in [0.2, 0.25) is 5.82 Å². The number of hydrogen-bond donors (Lipinski definition) is 1. The predicted octanol–water partition coefficient (Wildman–Crippen LogP) is 3.26. The molecule has 25 heavy (non-hydrogen) atoms. The summed E-state index contributed by atoms with van der Waals surface area (Å²) in [4.78, 5) is 15.9. The van der Waals surface area contributed by atoms with E-state index in [1.54, 1.807) is 6.07 Å². The lowest BCUT2D eigenvalue weighted by molar-refractivity contribution is -0.0498. The second-order valence-corrected chi connectivity index (χ2v) is 4.82. The van der Waals surface area contributed by atoms with Crippen molar-refractivity contribution in [3.05, 3.63) is 66.5 Å². The summed E-state index contributed by atoms with van der Waals surface area (Å²) < 4.78 is 43.3. The minimum absolute atomic E-state index is 0.00335. The Morgan fingerprint density at radius 3 is 2.52 bits per heavy atom. The first-order valence-corrected chi connectivity index (χ1v) is 7.06. The van der Waals surface area contributed by atoms with E-state index in [9.17, 15) is 18.0 Å². The maximum absolute atomic E-state index is 13.5. The van der Waals surface area contributed by atoms with Gasteiger partial charge >= 0.3 is 6.61 Å². The van der Waals surface area contributed by atoms with Crippen molar-refractivity contribution in [1.29, 1.82) is 0 Å². The van der Waals surface area contributed by atoms with E-state index in [1.165, 1.54) is 53.5 Å². The van der Waals surface area contributed by atoms with Crippen molar-refractivity contribution in [3.8, 4) is 11.4 Å². The quantitative estimate of drug-likeness (QED) is 0.768. The van der Waals surface area contributed by atoms with E-state index >= 15 is 0 Å². The number of amides is 1. The van der Waals surface area contributed by atoms with Gasteiger partial charge in [-0.1, -0.05) is 12.1 Å². The van der Waals surface area contributed by atoms with Crippen LogP contribution in [0.2, 0.25) is 0 Å². The number of ether oxygens (including phenoxy) is 1. The molecule has 0 aliphatic carbocycles. The monoisotopic (exact) mass is 348 g/mol. The van der Waals surface area contributed by atoms with Crippen molar-refractivity contribution >= 4 is 11.6 Å². The van der Waals surface area contributed by atoms with E-state index in [0.29, 0.717) is 5.69 Å². The largest absolute Gasteiger partial charge is 0.435 e. The first-order chi connectivity index (χ1) is 12.0. The number of benzene rings is 2. The Kier molecular flexibility index (Phi) is 4.64. The van der Waals surface area contributed by atoms with Crippen LogP contribution in [0.5, 0.6) is 5.75 Å². The SMILES string of the molecule is O=C(Nc1ccccc1F)c1ncn(-c2ccc(OC(F)F)cc2)n1. The number of anilines is 1. The van der Waals surface area contributed by atoms with Gasteiger partial charge in [0, 0.05) is 0 Å². The average Bonchev–Trinajstić information content (AvgIpc) is 3.07. The summed E-state index contributed by atoms with van der Waals surface area (Å²) in [5.41, 5.74) is 0.497. The van der Waals surface area contributed by atoms with Crippen LogP contribution in [0.25, 0.3) is 5.69 Å². The number of alkyl halides is 2. The molecule has 0 saturated heterocycles. The number of aromatic nitrogens is 3. The fraction of sp³-hybridized carbons (Fsp3) is 0.0625. The second kappa shape index (κ2) is 7.04. The van der Waals surface area contributed by atoms with E-state index in [4.69, 9.17) is 0 Å². The zero-order valence-corrected chi connectivity index (χ0v) is 12.6.